The van der Waals surface area contributed by atoms with Crippen LogP contribution in [0.2, 0.25) is 5.02 Å². The largest absolute Gasteiger partial charge is 0.495 e. The molecule has 8 nitrogen and oxygen atoms in total. The third-order valence-electron chi connectivity index (χ3n) is 5.62. The van der Waals surface area contributed by atoms with Gasteiger partial charge in [0, 0.05) is 33.1 Å². The van der Waals surface area contributed by atoms with Crippen molar-refractivity contribution >= 4 is 56.9 Å². The van der Waals surface area contributed by atoms with Gasteiger partial charge in [0.2, 0.25) is 0 Å². The molecule has 0 radical (unpaired) electrons. The summed E-state index contributed by atoms with van der Waals surface area (Å²) >= 11 is 6.07. The number of carbonyl (C=O) groups excluding carboxylic acids is 2. The second kappa shape index (κ2) is 8.17. The fourth-order valence-electron chi connectivity index (χ4n) is 4.17. The number of rotatable bonds is 5. The molecule has 0 saturated carbocycles. The van der Waals surface area contributed by atoms with E-state index in [-0.39, 0.29) is 28.2 Å². The van der Waals surface area contributed by atoms with Gasteiger partial charge in [-0.25, -0.2) is 4.90 Å². The number of benzene rings is 4. The lowest BCUT2D eigenvalue weighted by molar-refractivity contribution is -0.383. The van der Waals surface area contributed by atoms with Crippen LogP contribution >= 0.6 is 11.6 Å². The lowest BCUT2D eigenvalue weighted by atomic mass is 9.91. The van der Waals surface area contributed by atoms with Gasteiger partial charge < -0.3 is 10.1 Å². The van der Waals surface area contributed by atoms with E-state index in [1.165, 1.54) is 13.2 Å². The fraction of sp³-hybridized carbons (Fsp3) is 0.0400. The summed E-state index contributed by atoms with van der Waals surface area (Å²) in [5.74, 6) is -0.890. The molecule has 0 fully saturated rings. The van der Waals surface area contributed by atoms with Gasteiger partial charge in [0.05, 0.1) is 23.3 Å². The van der Waals surface area contributed by atoms with E-state index in [2.05, 4.69) is 5.32 Å². The molecule has 0 saturated heterocycles. The standard InChI is InChI=1S/C25H16ClN3O5/c1-34-21-11-3-2-10-19(21)28-24(30)17-9-5-8-16-22(17)18(25(28)31)13-20(29(32)33)23(16)27-15-7-4-6-14(26)12-15/h2-13,27H,1H3. The second-order valence-corrected chi connectivity index (χ2v) is 7.99. The average Bonchev–Trinajstić information content (AvgIpc) is 2.83. The van der Waals surface area contributed by atoms with Gasteiger partial charge in [0.1, 0.15) is 11.4 Å². The van der Waals surface area contributed by atoms with E-state index >= 15 is 0 Å². The molecule has 2 amide bonds. The number of imide groups is 1. The first-order chi connectivity index (χ1) is 16.4. The number of nitrogens with zero attached hydrogens (tertiary/aromatic N) is 2. The van der Waals surface area contributed by atoms with E-state index < -0.39 is 16.7 Å². The van der Waals surface area contributed by atoms with Crippen LogP contribution in [0.5, 0.6) is 5.75 Å². The molecule has 0 unspecified atom stereocenters. The summed E-state index contributed by atoms with van der Waals surface area (Å²) in [5.41, 5.74) is 0.954. The molecule has 0 bridgehead atoms. The maximum atomic E-state index is 13.6. The minimum Gasteiger partial charge on any atom is -0.495 e. The molecule has 0 atom stereocenters. The number of hydrogen-bond acceptors (Lipinski definition) is 6. The highest BCUT2D eigenvalue weighted by molar-refractivity contribution is 6.37. The van der Waals surface area contributed by atoms with Crippen molar-refractivity contribution in [3.63, 3.8) is 0 Å². The highest BCUT2D eigenvalue weighted by atomic mass is 35.5. The second-order valence-electron chi connectivity index (χ2n) is 7.56. The highest BCUT2D eigenvalue weighted by Crippen LogP contribution is 2.43. The number of methoxy groups -OCH3 is 1. The Morgan fingerprint density at radius 2 is 1.68 bits per heavy atom. The number of amides is 2. The maximum Gasteiger partial charge on any atom is 0.294 e. The Kier molecular flexibility index (Phi) is 5.14. The Labute approximate surface area is 198 Å². The van der Waals surface area contributed by atoms with Crippen LogP contribution in [0.4, 0.5) is 22.7 Å². The van der Waals surface area contributed by atoms with E-state index in [1.807, 2.05) is 0 Å². The average molecular weight is 474 g/mol. The molecule has 0 aliphatic carbocycles. The minimum absolute atomic E-state index is 0.0550. The number of nitro groups is 1. The number of nitrogens with one attached hydrogen (secondary N) is 1. The van der Waals surface area contributed by atoms with E-state index in [4.69, 9.17) is 16.3 Å². The molecule has 1 N–H and O–H groups in total. The lowest BCUT2D eigenvalue weighted by Crippen LogP contribution is -2.40. The first-order valence-corrected chi connectivity index (χ1v) is 10.6. The first kappa shape index (κ1) is 21.4. The van der Waals surface area contributed by atoms with Gasteiger partial charge in [-0.2, -0.15) is 0 Å². The molecule has 34 heavy (non-hydrogen) atoms. The van der Waals surface area contributed by atoms with Crippen molar-refractivity contribution in [2.24, 2.45) is 0 Å². The van der Waals surface area contributed by atoms with Crippen molar-refractivity contribution in [2.45, 2.75) is 0 Å². The van der Waals surface area contributed by atoms with Gasteiger partial charge in [-0.05, 0) is 36.4 Å². The number of nitro benzene ring substituents is 1. The molecular formula is C25H16ClN3O5. The molecule has 5 rings (SSSR count). The molecule has 9 heteroatoms. The molecular weight excluding hydrogens is 458 g/mol. The quantitative estimate of drug-likeness (QED) is 0.218. The van der Waals surface area contributed by atoms with E-state index in [1.54, 1.807) is 66.7 Å². The van der Waals surface area contributed by atoms with Crippen LogP contribution in [0.3, 0.4) is 0 Å². The van der Waals surface area contributed by atoms with Gasteiger partial charge >= 0.3 is 0 Å². The monoisotopic (exact) mass is 473 g/mol. The Balaban J connectivity index is 1.76. The summed E-state index contributed by atoms with van der Waals surface area (Å²) in [4.78, 5) is 39.5. The molecule has 1 aliphatic heterocycles. The predicted molar refractivity (Wildman–Crippen MR) is 129 cm³/mol. The van der Waals surface area contributed by atoms with Crippen LogP contribution in [-0.4, -0.2) is 23.8 Å². The van der Waals surface area contributed by atoms with Gasteiger partial charge in [0.15, 0.2) is 0 Å². The number of hydrogen-bond donors (Lipinski definition) is 1. The summed E-state index contributed by atoms with van der Waals surface area (Å²) in [7, 11) is 1.44. The molecule has 1 aliphatic rings. The summed E-state index contributed by atoms with van der Waals surface area (Å²) < 4.78 is 5.34. The maximum absolute atomic E-state index is 13.6. The zero-order chi connectivity index (χ0) is 24.0. The van der Waals surface area contributed by atoms with Gasteiger partial charge in [0.25, 0.3) is 17.5 Å². The Morgan fingerprint density at radius 3 is 2.41 bits per heavy atom. The predicted octanol–water partition coefficient (Wildman–Crippen LogP) is 5.95. The SMILES string of the molecule is COc1ccccc1N1C(=O)c2cccc3c(Nc4cccc(Cl)c4)c([N+](=O)[O-])cc(c23)C1=O. The Hall–Kier alpha value is -4.43. The summed E-state index contributed by atoms with van der Waals surface area (Å²) in [5, 5.41) is 16.3. The van der Waals surface area contributed by atoms with E-state index in [9.17, 15) is 19.7 Å². The molecule has 1 heterocycles. The number of halogens is 1. The fourth-order valence-corrected chi connectivity index (χ4v) is 4.36. The zero-order valence-corrected chi connectivity index (χ0v) is 18.5. The normalized spacial score (nSPS) is 12.7. The van der Waals surface area contributed by atoms with Crippen LogP contribution in [0, 0.1) is 10.1 Å². The van der Waals surface area contributed by atoms with Crippen molar-refractivity contribution in [1.29, 1.82) is 0 Å². The van der Waals surface area contributed by atoms with Crippen LogP contribution in [0.15, 0.2) is 72.8 Å². The molecule has 0 spiro atoms. The van der Waals surface area contributed by atoms with Crippen molar-refractivity contribution in [3.05, 3.63) is 99.1 Å². The van der Waals surface area contributed by atoms with E-state index in [0.717, 1.165) is 4.90 Å². The van der Waals surface area contributed by atoms with E-state index in [0.29, 0.717) is 27.2 Å². The third-order valence-corrected chi connectivity index (χ3v) is 5.86. The smallest absolute Gasteiger partial charge is 0.294 e. The Morgan fingerprint density at radius 1 is 0.941 bits per heavy atom. The topological polar surface area (TPSA) is 102 Å². The zero-order valence-electron chi connectivity index (χ0n) is 17.7. The summed E-state index contributed by atoms with van der Waals surface area (Å²) in [6.07, 6.45) is 0. The van der Waals surface area contributed by atoms with Gasteiger partial charge in [-0.3, -0.25) is 19.7 Å². The summed E-state index contributed by atoms with van der Waals surface area (Å²) in [6, 6.07) is 19.4. The van der Waals surface area contributed by atoms with Crippen LogP contribution in [0.1, 0.15) is 20.7 Å². The number of para-hydroxylation sites is 2. The van der Waals surface area contributed by atoms with Crippen molar-refractivity contribution in [1.82, 2.24) is 0 Å². The lowest BCUT2D eigenvalue weighted by Gasteiger charge is -2.28. The number of ether oxygens (including phenoxy) is 1. The molecule has 168 valence electrons. The van der Waals surface area contributed by atoms with Crippen LogP contribution in [-0.2, 0) is 0 Å². The summed E-state index contributed by atoms with van der Waals surface area (Å²) in [6.45, 7) is 0. The van der Waals surface area contributed by atoms with Crippen molar-refractivity contribution in [3.8, 4) is 5.75 Å². The van der Waals surface area contributed by atoms with Crippen LogP contribution in [0.25, 0.3) is 10.8 Å². The molecule has 0 aromatic heterocycles. The van der Waals surface area contributed by atoms with Crippen LogP contribution < -0.4 is 15.0 Å². The molecule has 4 aromatic rings. The third kappa shape index (κ3) is 3.32. The minimum atomic E-state index is -0.671. The highest BCUT2D eigenvalue weighted by Gasteiger charge is 2.38. The van der Waals surface area contributed by atoms with Gasteiger partial charge in [-0.1, -0.05) is 41.9 Å². The van der Waals surface area contributed by atoms with Crippen molar-refractivity contribution < 1.29 is 19.2 Å². The Bertz CT molecular complexity index is 1520. The van der Waals surface area contributed by atoms with Crippen molar-refractivity contribution in [2.75, 3.05) is 17.3 Å². The first-order valence-electron chi connectivity index (χ1n) is 10.2. The van der Waals surface area contributed by atoms with Gasteiger partial charge in [-0.15, -0.1) is 0 Å². The molecule has 4 aromatic carbocycles. The number of anilines is 3. The number of carbonyl (C=O) groups is 2.